The quantitative estimate of drug-likeness (QED) is 0.141. The van der Waals surface area contributed by atoms with Crippen LogP contribution in [0.4, 0.5) is 10.6 Å². The second-order valence-corrected chi connectivity index (χ2v) is 14.8. The van der Waals surface area contributed by atoms with E-state index in [1.165, 1.54) is 4.68 Å². The van der Waals surface area contributed by atoms with Crippen molar-refractivity contribution in [2.45, 2.75) is 79.5 Å². The molecule has 1 atom stereocenters. The van der Waals surface area contributed by atoms with Crippen molar-refractivity contribution in [3.05, 3.63) is 78.2 Å². The van der Waals surface area contributed by atoms with Gasteiger partial charge in [-0.1, -0.05) is 17.3 Å². The molecule has 2 aromatic carbocycles. The summed E-state index contributed by atoms with van der Waals surface area (Å²) >= 11 is 0. The van der Waals surface area contributed by atoms with Crippen LogP contribution < -0.4 is 19.5 Å². The van der Waals surface area contributed by atoms with Gasteiger partial charge in [0.1, 0.15) is 40.6 Å². The summed E-state index contributed by atoms with van der Waals surface area (Å²) in [5.41, 5.74) is 1.11. The van der Waals surface area contributed by atoms with Crippen LogP contribution in [0.1, 0.15) is 59.2 Å². The number of pyridine rings is 1. The topological polar surface area (TPSA) is 157 Å². The van der Waals surface area contributed by atoms with Gasteiger partial charge in [-0.2, -0.15) is 5.10 Å². The molecule has 4 heterocycles. The second-order valence-electron chi connectivity index (χ2n) is 14.8. The fraction of sp³-hybridized carbons (Fsp3) is 0.421. The van der Waals surface area contributed by atoms with Crippen molar-refractivity contribution in [3.8, 4) is 23.0 Å². The molecule has 0 unspecified atom stereocenters. The van der Waals surface area contributed by atoms with Crippen LogP contribution in [0.5, 0.6) is 23.0 Å². The maximum absolute atomic E-state index is 12.8. The first-order valence-corrected chi connectivity index (χ1v) is 17.4. The van der Waals surface area contributed by atoms with Crippen molar-refractivity contribution in [1.29, 1.82) is 0 Å². The third-order valence-corrected chi connectivity index (χ3v) is 8.33. The number of fused-ring (bicyclic) bond motifs is 1. The molecule has 1 aliphatic heterocycles. The Balaban J connectivity index is 1.18. The molecule has 0 bridgehead atoms. The van der Waals surface area contributed by atoms with E-state index < -0.39 is 11.0 Å². The van der Waals surface area contributed by atoms with Crippen LogP contribution in [0.15, 0.2) is 67.0 Å². The number of anilines is 1. The van der Waals surface area contributed by atoms with E-state index in [1.54, 1.807) is 63.4 Å². The zero-order valence-electron chi connectivity index (χ0n) is 31.2. The van der Waals surface area contributed by atoms with Crippen LogP contribution in [-0.2, 0) is 34.2 Å². The highest BCUT2D eigenvalue weighted by Gasteiger charge is 2.31. The van der Waals surface area contributed by atoms with E-state index in [4.69, 9.17) is 33.8 Å². The number of rotatable bonds is 12. The van der Waals surface area contributed by atoms with Gasteiger partial charge in [0.2, 0.25) is 0 Å². The van der Waals surface area contributed by atoms with Gasteiger partial charge in [0.15, 0.2) is 18.2 Å². The van der Waals surface area contributed by atoms with Gasteiger partial charge in [-0.15, -0.1) is 5.10 Å². The molecular weight excluding hydrogens is 680 g/mol. The number of nitrogens with one attached hydrogen (secondary N) is 1. The van der Waals surface area contributed by atoms with Crippen LogP contribution in [0.2, 0.25) is 0 Å². The third-order valence-electron chi connectivity index (χ3n) is 8.33. The van der Waals surface area contributed by atoms with E-state index in [2.05, 4.69) is 15.6 Å². The minimum Gasteiger partial charge on any atom is -0.497 e. The number of carbonyl (C=O) groups is 2. The molecule has 6 rings (SSSR count). The van der Waals surface area contributed by atoms with Gasteiger partial charge in [-0.3, -0.25) is 4.79 Å². The maximum atomic E-state index is 12.8. The van der Waals surface area contributed by atoms with Crippen LogP contribution in [0, 0.1) is 5.41 Å². The highest BCUT2D eigenvalue weighted by molar-refractivity contribution is 5.93. The summed E-state index contributed by atoms with van der Waals surface area (Å²) in [6.45, 7) is 12.6. The van der Waals surface area contributed by atoms with Crippen LogP contribution >= 0.6 is 0 Å². The van der Waals surface area contributed by atoms with Gasteiger partial charge >= 0.3 is 12.1 Å². The number of esters is 1. The number of benzene rings is 2. The number of likely N-dealkylation sites (tertiary alicyclic amines) is 1. The van der Waals surface area contributed by atoms with Gasteiger partial charge in [-0.25, -0.2) is 19.1 Å². The number of hydrogen-bond donors (Lipinski definition) is 1. The standard InChI is InChI=1S/C38H46N8O7/c1-37(2,3)35(47)51-24-46-27(20-40-43-46)23-50-29-12-14-30(15-13-29)52-31-16-18-39-34-32(31)33(42-45(34)21-25-8-10-28(49-7)11-9-25)41-26-17-19-44(22-26)36(48)53-38(4,5)6/h8-16,18,20,26H,17,19,21-24H2,1-7H3,(H,41,42)/t26-/m1/s1. The number of amides is 1. The third kappa shape index (κ3) is 9.33. The number of aromatic nitrogens is 6. The van der Waals surface area contributed by atoms with Crippen molar-refractivity contribution in [1.82, 2.24) is 34.7 Å². The van der Waals surface area contributed by atoms with Crippen molar-refractivity contribution < 1.29 is 33.3 Å². The lowest BCUT2D eigenvalue weighted by atomic mass is 9.98. The number of carbonyl (C=O) groups excluding carboxylic acids is 2. The Bertz CT molecular complexity index is 2030. The summed E-state index contributed by atoms with van der Waals surface area (Å²) in [6, 6.07) is 16.8. The average molecular weight is 727 g/mol. The minimum absolute atomic E-state index is 0.0573. The molecule has 0 saturated carbocycles. The number of methoxy groups -OCH3 is 1. The molecule has 1 saturated heterocycles. The van der Waals surface area contributed by atoms with E-state index in [1.807, 2.05) is 61.9 Å². The highest BCUT2D eigenvalue weighted by Crippen LogP contribution is 2.36. The Morgan fingerprint density at radius 1 is 0.925 bits per heavy atom. The predicted octanol–water partition coefficient (Wildman–Crippen LogP) is 6.42. The van der Waals surface area contributed by atoms with Gasteiger partial charge in [-0.05, 0) is 89.9 Å². The largest absolute Gasteiger partial charge is 0.497 e. The first kappa shape index (κ1) is 36.9. The summed E-state index contributed by atoms with van der Waals surface area (Å²) in [7, 11) is 1.64. The molecule has 0 spiro atoms. The fourth-order valence-corrected chi connectivity index (χ4v) is 5.56. The zero-order valence-corrected chi connectivity index (χ0v) is 31.2. The highest BCUT2D eigenvalue weighted by atomic mass is 16.6. The van der Waals surface area contributed by atoms with Crippen molar-refractivity contribution in [2.75, 3.05) is 25.5 Å². The molecule has 53 heavy (non-hydrogen) atoms. The molecule has 1 amide bonds. The molecule has 280 valence electrons. The van der Waals surface area contributed by atoms with E-state index in [0.29, 0.717) is 59.4 Å². The van der Waals surface area contributed by atoms with Gasteiger partial charge in [0, 0.05) is 31.4 Å². The smallest absolute Gasteiger partial charge is 0.410 e. The first-order valence-electron chi connectivity index (χ1n) is 17.4. The molecule has 0 radical (unpaired) electrons. The second kappa shape index (κ2) is 15.4. The molecule has 1 N–H and O–H groups in total. The lowest BCUT2D eigenvalue weighted by molar-refractivity contribution is -0.157. The average Bonchev–Trinajstić information content (AvgIpc) is 3.86. The molecular formula is C38H46N8O7. The Morgan fingerprint density at radius 2 is 1.64 bits per heavy atom. The van der Waals surface area contributed by atoms with E-state index >= 15 is 0 Å². The Labute approximate surface area is 308 Å². The first-order chi connectivity index (χ1) is 25.3. The lowest BCUT2D eigenvalue weighted by Gasteiger charge is -2.24. The molecule has 1 fully saturated rings. The summed E-state index contributed by atoms with van der Waals surface area (Å²) in [4.78, 5) is 31.4. The SMILES string of the molecule is COc1ccc(Cn2nc(N[C@@H]3CCN(C(=O)OC(C)(C)C)C3)c3c(Oc4ccc(OCc5cnnn5COC(=O)C(C)(C)C)cc4)ccnc32)cc1. The minimum atomic E-state index is -0.625. The summed E-state index contributed by atoms with van der Waals surface area (Å²) in [5.74, 6) is 2.78. The fourth-order valence-electron chi connectivity index (χ4n) is 5.56. The molecule has 0 aliphatic carbocycles. The Kier molecular flexibility index (Phi) is 10.7. The van der Waals surface area contributed by atoms with Crippen LogP contribution in [0.25, 0.3) is 11.0 Å². The molecule has 1 aliphatic rings. The van der Waals surface area contributed by atoms with Gasteiger partial charge < -0.3 is 33.9 Å². The van der Waals surface area contributed by atoms with Crippen molar-refractivity contribution in [3.63, 3.8) is 0 Å². The lowest BCUT2D eigenvalue weighted by Crippen LogP contribution is -2.36. The monoisotopic (exact) mass is 726 g/mol. The van der Waals surface area contributed by atoms with Crippen molar-refractivity contribution >= 4 is 28.9 Å². The maximum Gasteiger partial charge on any atom is 0.410 e. The normalized spacial score (nSPS) is 14.6. The van der Waals surface area contributed by atoms with E-state index in [0.717, 1.165) is 17.7 Å². The van der Waals surface area contributed by atoms with Crippen LogP contribution in [-0.4, -0.2) is 78.6 Å². The summed E-state index contributed by atoms with van der Waals surface area (Å²) < 4.78 is 32.1. The van der Waals surface area contributed by atoms with Crippen molar-refractivity contribution in [2.24, 2.45) is 5.41 Å². The number of hydrogen-bond acceptors (Lipinski definition) is 12. The van der Waals surface area contributed by atoms with E-state index in [-0.39, 0.29) is 31.4 Å². The summed E-state index contributed by atoms with van der Waals surface area (Å²) in [6.07, 6.45) is 3.65. The molecule has 3 aromatic heterocycles. The molecule has 5 aromatic rings. The number of ether oxygens (including phenoxy) is 5. The van der Waals surface area contributed by atoms with Crippen LogP contribution in [0.3, 0.4) is 0 Å². The summed E-state index contributed by atoms with van der Waals surface area (Å²) in [5, 5.41) is 17.2. The van der Waals surface area contributed by atoms with Gasteiger partial charge in [0.05, 0.1) is 31.0 Å². The number of nitrogens with zero attached hydrogens (tertiary/aromatic N) is 7. The van der Waals surface area contributed by atoms with E-state index in [9.17, 15) is 9.59 Å². The predicted molar refractivity (Wildman–Crippen MR) is 196 cm³/mol. The van der Waals surface area contributed by atoms with Gasteiger partial charge in [0.25, 0.3) is 0 Å². The Morgan fingerprint density at radius 3 is 2.34 bits per heavy atom. The molecule has 15 nitrogen and oxygen atoms in total. The molecule has 15 heteroatoms. The Hall–Kier alpha value is -5.86. The zero-order chi connectivity index (χ0) is 37.8.